The molecule has 20 heavy (non-hydrogen) atoms. The number of allylic oxidation sites excluding steroid dienone is 2. The second-order valence-electron chi connectivity index (χ2n) is 5.27. The summed E-state index contributed by atoms with van der Waals surface area (Å²) < 4.78 is 5.35. The molecule has 1 N–H and O–H groups in total. The number of hydrogen-bond acceptors (Lipinski definition) is 3. The molecule has 0 saturated carbocycles. The molecule has 1 heterocycles. The minimum absolute atomic E-state index is 0.173. The van der Waals surface area contributed by atoms with E-state index in [1.54, 1.807) is 12.1 Å². The minimum atomic E-state index is -0.356. The van der Waals surface area contributed by atoms with Gasteiger partial charge in [0.25, 0.3) is 0 Å². The number of benzene rings is 1. The van der Waals surface area contributed by atoms with Gasteiger partial charge >= 0.3 is 5.63 Å². The summed E-state index contributed by atoms with van der Waals surface area (Å²) in [4.78, 5) is 11.7. The van der Waals surface area contributed by atoms with E-state index in [2.05, 4.69) is 6.92 Å². The van der Waals surface area contributed by atoms with Gasteiger partial charge in [0.2, 0.25) is 0 Å². The number of rotatable bonds is 4. The van der Waals surface area contributed by atoms with Crippen LogP contribution in [0.4, 0.5) is 0 Å². The summed E-state index contributed by atoms with van der Waals surface area (Å²) in [6.45, 7) is 6.08. The van der Waals surface area contributed by atoms with E-state index in [1.165, 1.54) is 0 Å². The number of aromatic hydroxyl groups is 1. The van der Waals surface area contributed by atoms with Crippen LogP contribution in [-0.4, -0.2) is 5.11 Å². The van der Waals surface area contributed by atoms with Crippen LogP contribution in [-0.2, 0) is 12.8 Å². The van der Waals surface area contributed by atoms with E-state index in [4.69, 9.17) is 4.42 Å². The molecule has 106 valence electrons. The average Bonchev–Trinajstić information content (AvgIpc) is 2.37. The first-order valence-corrected chi connectivity index (χ1v) is 6.94. The van der Waals surface area contributed by atoms with Crippen molar-refractivity contribution in [3.05, 3.63) is 51.4 Å². The Morgan fingerprint density at radius 3 is 2.75 bits per heavy atom. The summed E-state index contributed by atoms with van der Waals surface area (Å²) in [7, 11) is 0. The standard InChI is InChI=1S/C17H20O3/c1-4-5-12-10-16(19)20-17-13(12)8-9-15(18)14(17)7-6-11(2)3/h6,8-10,18H,4-5,7H2,1-3H3. The van der Waals surface area contributed by atoms with Crippen molar-refractivity contribution >= 4 is 11.0 Å². The highest BCUT2D eigenvalue weighted by atomic mass is 16.4. The smallest absolute Gasteiger partial charge is 0.336 e. The van der Waals surface area contributed by atoms with Gasteiger partial charge in [0.1, 0.15) is 11.3 Å². The SMILES string of the molecule is CCCc1cc(=O)oc2c(CC=C(C)C)c(O)ccc12. The van der Waals surface area contributed by atoms with E-state index < -0.39 is 0 Å². The predicted octanol–water partition coefficient (Wildman–Crippen LogP) is 3.96. The van der Waals surface area contributed by atoms with E-state index in [-0.39, 0.29) is 11.4 Å². The number of fused-ring (bicyclic) bond motifs is 1. The molecule has 0 radical (unpaired) electrons. The summed E-state index contributed by atoms with van der Waals surface area (Å²) in [5.74, 6) is 0.173. The third kappa shape index (κ3) is 2.93. The Morgan fingerprint density at radius 1 is 1.35 bits per heavy atom. The first-order valence-electron chi connectivity index (χ1n) is 6.94. The normalized spacial score (nSPS) is 10.8. The molecule has 3 nitrogen and oxygen atoms in total. The van der Waals surface area contributed by atoms with Crippen molar-refractivity contribution in [2.45, 2.75) is 40.0 Å². The fraction of sp³-hybridized carbons (Fsp3) is 0.353. The van der Waals surface area contributed by atoms with Crippen molar-refractivity contribution in [2.24, 2.45) is 0 Å². The van der Waals surface area contributed by atoms with E-state index >= 15 is 0 Å². The molecule has 0 aliphatic carbocycles. The van der Waals surface area contributed by atoms with Crippen LogP contribution in [0.5, 0.6) is 5.75 Å². The molecule has 0 spiro atoms. The molecule has 0 fully saturated rings. The van der Waals surface area contributed by atoms with Gasteiger partial charge in [-0.2, -0.15) is 0 Å². The van der Waals surface area contributed by atoms with Crippen LogP contribution in [0, 0.1) is 0 Å². The zero-order valence-corrected chi connectivity index (χ0v) is 12.2. The lowest BCUT2D eigenvalue weighted by Gasteiger charge is -2.09. The van der Waals surface area contributed by atoms with Crippen LogP contribution < -0.4 is 5.63 Å². The molecule has 0 aliphatic rings. The fourth-order valence-electron chi connectivity index (χ4n) is 2.32. The van der Waals surface area contributed by atoms with E-state index in [0.717, 1.165) is 29.4 Å². The van der Waals surface area contributed by atoms with Gasteiger partial charge in [-0.05, 0) is 44.4 Å². The molecule has 1 aromatic carbocycles. The molecule has 0 amide bonds. The zero-order valence-electron chi connectivity index (χ0n) is 12.2. The highest BCUT2D eigenvalue weighted by molar-refractivity contribution is 5.85. The quantitative estimate of drug-likeness (QED) is 0.677. The number of phenolic OH excluding ortho intramolecular Hbond substituents is 1. The summed E-state index contributed by atoms with van der Waals surface area (Å²) in [5.41, 5.74) is 2.98. The van der Waals surface area contributed by atoms with Gasteiger partial charge in [-0.1, -0.05) is 25.0 Å². The van der Waals surface area contributed by atoms with Crippen molar-refractivity contribution in [1.29, 1.82) is 0 Å². The van der Waals surface area contributed by atoms with Gasteiger partial charge in [0.15, 0.2) is 0 Å². The monoisotopic (exact) mass is 272 g/mol. The Balaban J connectivity index is 2.70. The Hall–Kier alpha value is -2.03. The minimum Gasteiger partial charge on any atom is -0.508 e. The number of phenols is 1. The second-order valence-corrected chi connectivity index (χ2v) is 5.27. The second kappa shape index (κ2) is 5.95. The van der Waals surface area contributed by atoms with E-state index in [9.17, 15) is 9.90 Å². The Morgan fingerprint density at radius 2 is 2.10 bits per heavy atom. The van der Waals surface area contributed by atoms with Crippen LogP contribution in [0.2, 0.25) is 0 Å². The average molecular weight is 272 g/mol. The van der Waals surface area contributed by atoms with Crippen molar-refractivity contribution in [1.82, 2.24) is 0 Å². The molecule has 0 unspecified atom stereocenters. The summed E-state index contributed by atoms with van der Waals surface area (Å²) >= 11 is 0. The maximum absolute atomic E-state index is 11.7. The largest absolute Gasteiger partial charge is 0.508 e. The zero-order chi connectivity index (χ0) is 14.7. The van der Waals surface area contributed by atoms with Crippen LogP contribution in [0.25, 0.3) is 11.0 Å². The Labute approximate surface area is 118 Å². The van der Waals surface area contributed by atoms with Crippen LogP contribution in [0.3, 0.4) is 0 Å². The topological polar surface area (TPSA) is 50.4 Å². The molecule has 1 aromatic heterocycles. The van der Waals surface area contributed by atoms with Gasteiger partial charge < -0.3 is 9.52 Å². The molecule has 0 bridgehead atoms. The molecule has 0 atom stereocenters. The highest BCUT2D eigenvalue weighted by Crippen LogP contribution is 2.29. The molecular weight excluding hydrogens is 252 g/mol. The molecule has 0 aliphatic heterocycles. The van der Waals surface area contributed by atoms with Crippen LogP contribution >= 0.6 is 0 Å². The third-order valence-corrected chi connectivity index (χ3v) is 3.31. The third-order valence-electron chi connectivity index (χ3n) is 3.31. The van der Waals surface area contributed by atoms with Crippen molar-refractivity contribution < 1.29 is 9.52 Å². The van der Waals surface area contributed by atoms with Gasteiger partial charge in [-0.3, -0.25) is 0 Å². The maximum Gasteiger partial charge on any atom is 0.336 e. The van der Waals surface area contributed by atoms with Gasteiger partial charge in [-0.25, -0.2) is 4.79 Å². The van der Waals surface area contributed by atoms with Gasteiger partial charge in [-0.15, -0.1) is 0 Å². The molecular formula is C17H20O3. The summed E-state index contributed by atoms with van der Waals surface area (Å²) in [6.07, 6.45) is 4.36. The number of aryl methyl sites for hydroxylation is 1. The summed E-state index contributed by atoms with van der Waals surface area (Å²) in [5, 5.41) is 11.0. The van der Waals surface area contributed by atoms with E-state index in [1.807, 2.05) is 26.0 Å². The Kier molecular flexibility index (Phi) is 4.28. The first-order chi connectivity index (χ1) is 9.52. The Bertz CT molecular complexity index is 704. The summed E-state index contributed by atoms with van der Waals surface area (Å²) in [6, 6.07) is 5.05. The predicted molar refractivity (Wildman–Crippen MR) is 81.3 cm³/mol. The number of hydrogen-bond donors (Lipinski definition) is 1. The first kappa shape index (κ1) is 14.4. The molecule has 3 heteroatoms. The van der Waals surface area contributed by atoms with Crippen molar-refractivity contribution in [2.75, 3.05) is 0 Å². The van der Waals surface area contributed by atoms with Gasteiger partial charge in [0.05, 0.1) is 0 Å². The maximum atomic E-state index is 11.7. The molecule has 0 saturated heterocycles. The van der Waals surface area contributed by atoms with Crippen LogP contribution in [0.15, 0.2) is 39.1 Å². The van der Waals surface area contributed by atoms with Gasteiger partial charge in [0, 0.05) is 17.0 Å². The molecule has 2 aromatic rings. The highest BCUT2D eigenvalue weighted by Gasteiger charge is 2.12. The molecule has 2 rings (SSSR count). The lowest BCUT2D eigenvalue weighted by atomic mass is 10.0. The van der Waals surface area contributed by atoms with Crippen LogP contribution in [0.1, 0.15) is 38.3 Å². The lowest BCUT2D eigenvalue weighted by Crippen LogP contribution is -2.02. The van der Waals surface area contributed by atoms with Crippen molar-refractivity contribution in [3.8, 4) is 5.75 Å². The van der Waals surface area contributed by atoms with Crippen molar-refractivity contribution in [3.63, 3.8) is 0 Å². The lowest BCUT2D eigenvalue weighted by molar-refractivity contribution is 0.466. The fourth-order valence-corrected chi connectivity index (χ4v) is 2.32. The van der Waals surface area contributed by atoms with E-state index in [0.29, 0.717) is 17.6 Å².